The summed E-state index contributed by atoms with van der Waals surface area (Å²) in [5.74, 6) is 0.306. The molecule has 0 aromatic heterocycles. The molecular formula is C44H61N3O2. The molecule has 0 saturated carbocycles. The molecule has 49 heavy (non-hydrogen) atoms. The average Bonchev–Trinajstić information content (AvgIpc) is 2.99. The second-order valence-electron chi connectivity index (χ2n) is 18.6. The van der Waals surface area contributed by atoms with Gasteiger partial charge < -0.3 is 14.7 Å². The molecule has 0 radical (unpaired) electrons. The zero-order valence-electron chi connectivity index (χ0n) is 32.5. The molecule has 3 aromatic carbocycles. The van der Waals surface area contributed by atoms with Gasteiger partial charge in [-0.2, -0.15) is 0 Å². The van der Waals surface area contributed by atoms with Crippen LogP contribution in [0.4, 0.5) is 28.4 Å². The van der Waals surface area contributed by atoms with Gasteiger partial charge in [-0.25, -0.2) is 0 Å². The number of nitrogens with zero attached hydrogens (tertiary/aromatic N) is 3. The number of piperidine rings is 2. The van der Waals surface area contributed by atoms with Gasteiger partial charge in [-0.3, -0.25) is 9.59 Å². The lowest BCUT2D eigenvalue weighted by Crippen LogP contribution is -2.37. The van der Waals surface area contributed by atoms with Gasteiger partial charge in [0.25, 0.3) is 0 Å². The molecule has 2 aliphatic rings. The van der Waals surface area contributed by atoms with Crippen LogP contribution in [0.3, 0.4) is 0 Å². The van der Waals surface area contributed by atoms with Crippen LogP contribution in [0.25, 0.3) is 0 Å². The Kier molecular flexibility index (Phi) is 9.93. The van der Waals surface area contributed by atoms with Crippen LogP contribution in [-0.2, 0) is 31.2 Å². The minimum atomic E-state index is -0.0705. The number of benzene rings is 3. The highest BCUT2D eigenvalue weighted by molar-refractivity contribution is 5.99. The van der Waals surface area contributed by atoms with E-state index >= 15 is 0 Å². The van der Waals surface area contributed by atoms with Crippen LogP contribution in [0.15, 0.2) is 54.6 Å². The zero-order chi connectivity index (χ0) is 36.1. The quantitative estimate of drug-likeness (QED) is 0.273. The minimum Gasteiger partial charge on any atom is -0.312 e. The molecular weight excluding hydrogens is 603 g/mol. The number of anilines is 5. The van der Waals surface area contributed by atoms with Crippen LogP contribution >= 0.6 is 0 Å². The molecule has 2 amide bonds. The van der Waals surface area contributed by atoms with Crippen LogP contribution in [-0.4, -0.2) is 24.9 Å². The highest BCUT2D eigenvalue weighted by Crippen LogP contribution is 2.45. The lowest BCUT2D eigenvalue weighted by molar-refractivity contribution is -0.120. The van der Waals surface area contributed by atoms with Gasteiger partial charge in [-0.1, -0.05) is 95.2 Å². The van der Waals surface area contributed by atoms with Crippen LogP contribution < -0.4 is 14.7 Å². The molecule has 0 atom stereocenters. The van der Waals surface area contributed by atoms with Crippen molar-refractivity contribution >= 4 is 40.3 Å². The monoisotopic (exact) mass is 663 g/mol. The normalized spacial score (nSPS) is 16.7. The van der Waals surface area contributed by atoms with Crippen molar-refractivity contribution in [1.29, 1.82) is 0 Å². The summed E-state index contributed by atoms with van der Waals surface area (Å²) in [7, 11) is 0. The number of rotatable bonds is 5. The zero-order valence-corrected chi connectivity index (χ0v) is 32.5. The van der Waals surface area contributed by atoms with Gasteiger partial charge in [0.1, 0.15) is 0 Å². The molecule has 264 valence electrons. The first-order valence-corrected chi connectivity index (χ1v) is 18.5. The van der Waals surface area contributed by atoms with Crippen molar-refractivity contribution in [2.45, 2.75) is 143 Å². The molecule has 2 aliphatic heterocycles. The third-order valence-electron chi connectivity index (χ3n) is 10.2. The van der Waals surface area contributed by atoms with Crippen molar-refractivity contribution in [3.63, 3.8) is 0 Å². The number of carbonyl (C=O) groups excluding carboxylic acids is 2. The fourth-order valence-electron chi connectivity index (χ4n) is 6.84. The van der Waals surface area contributed by atoms with Gasteiger partial charge >= 0.3 is 0 Å². The maximum atomic E-state index is 13.4. The highest BCUT2D eigenvalue weighted by Gasteiger charge is 2.30. The summed E-state index contributed by atoms with van der Waals surface area (Å²) >= 11 is 0. The van der Waals surface area contributed by atoms with Crippen LogP contribution in [0.2, 0.25) is 0 Å². The second kappa shape index (κ2) is 13.3. The molecule has 5 nitrogen and oxygen atoms in total. The van der Waals surface area contributed by atoms with Gasteiger partial charge in [-0.05, 0) is 112 Å². The summed E-state index contributed by atoms with van der Waals surface area (Å²) in [6.45, 7) is 28.8. The van der Waals surface area contributed by atoms with Crippen molar-refractivity contribution in [3.05, 3.63) is 76.9 Å². The third kappa shape index (κ3) is 8.24. The predicted molar refractivity (Wildman–Crippen MR) is 208 cm³/mol. The molecule has 0 bridgehead atoms. The number of hydrogen-bond donors (Lipinski definition) is 0. The minimum absolute atomic E-state index is 0.0705. The van der Waals surface area contributed by atoms with E-state index in [0.717, 1.165) is 54.1 Å². The second-order valence-corrected chi connectivity index (χ2v) is 18.6. The van der Waals surface area contributed by atoms with Gasteiger partial charge in [0.2, 0.25) is 11.8 Å². The van der Waals surface area contributed by atoms with Crippen LogP contribution in [0.1, 0.15) is 144 Å². The van der Waals surface area contributed by atoms with E-state index in [4.69, 9.17) is 0 Å². The highest BCUT2D eigenvalue weighted by atomic mass is 16.2. The van der Waals surface area contributed by atoms with Crippen molar-refractivity contribution < 1.29 is 9.59 Å². The smallest absolute Gasteiger partial charge is 0.226 e. The maximum Gasteiger partial charge on any atom is 0.226 e. The Bertz CT molecular complexity index is 1520. The summed E-state index contributed by atoms with van der Waals surface area (Å²) in [5, 5.41) is 0. The summed E-state index contributed by atoms with van der Waals surface area (Å²) in [6, 6.07) is 20.6. The standard InChI is InChI=1S/C44H61N3O2/c1-41(2,3)30-21-31(42(4,5)6)24-36(23-30)47(37-25-32(43(7,8)9)22-33(26-37)44(10,11)12)38-28-34(45-19-15-13-17-39(45)48)27-35(29-38)46-20-16-14-18-40(46)49/h21-29H,13-20H2,1-12H3. The van der Waals surface area contributed by atoms with Gasteiger partial charge in [0.15, 0.2) is 0 Å². The Hall–Kier alpha value is -3.60. The van der Waals surface area contributed by atoms with E-state index in [1.54, 1.807) is 0 Å². The van der Waals surface area contributed by atoms with Crippen molar-refractivity contribution in [1.82, 2.24) is 0 Å². The van der Waals surface area contributed by atoms with E-state index in [-0.39, 0.29) is 33.5 Å². The molecule has 2 fully saturated rings. The van der Waals surface area contributed by atoms with Gasteiger partial charge in [-0.15, -0.1) is 0 Å². The van der Waals surface area contributed by atoms with E-state index < -0.39 is 0 Å². The molecule has 0 spiro atoms. The number of amides is 2. The van der Waals surface area contributed by atoms with Crippen LogP contribution in [0, 0.1) is 0 Å². The third-order valence-corrected chi connectivity index (χ3v) is 10.2. The SMILES string of the molecule is CC(C)(C)c1cc(N(c2cc(N3CCCCC3=O)cc(N3CCCCC3=O)c2)c2cc(C(C)(C)C)cc(C(C)(C)C)c2)cc(C(C)(C)C)c1. The van der Waals surface area contributed by atoms with Crippen molar-refractivity contribution in [3.8, 4) is 0 Å². The van der Waals surface area contributed by atoms with E-state index in [1.807, 2.05) is 9.80 Å². The Labute approximate surface area is 297 Å². The molecule has 0 N–H and O–H groups in total. The molecule has 3 aromatic rings. The molecule has 0 unspecified atom stereocenters. The lowest BCUT2D eigenvalue weighted by Gasteiger charge is -2.35. The van der Waals surface area contributed by atoms with E-state index in [9.17, 15) is 9.59 Å². The Morgan fingerprint density at radius 2 is 0.735 bits per heavy atom. The summed E-state index contributed by atoms with van der Waals surface area (Å²) in [5.41, 5.74) is 9.68. The fraction of sp³-hybridized carbons (Fsp3) is 0.545. The van der Waals surface area contributed by atoms with Crippen molar-refractivity contribution in [2.75, 3.05) is 27.8 Å². The maximum absolute atomic E-state index is 13.4. The molecule has 5 rings (SSSR count). The molecule has 2 saturated heterocycles. The molecule has 2 heterocycles. The summed E-state index contributed by atoms with van der Waals surface area (Å²) < 4.78 is 0. The number of carbonyl (C=O) groups is 2. The average molecular weight is 664 g/mol. The largest absolute Gasteiger partial charge is 0.312 e. The summed E-state index contributed by atoms with van der Waals surface area (Å²) in [4.78, 5) is 33.1. The van der Waals surface area contributed by atoms with E-state index in [1.165, 1.54) is 22.3 Å². The van der Waals surface area contributed by atoms with E-state index in [0.29, 0.717) is 25.9 Å². The lowest BCUT2D eigenvalue weighted by atomic mass is 9.79. The van der Waals surface area contributed by atoms with Crippen molar-refractivity contribution in [2.24, 2.45) is 0 Å². The molecule has 0 aliphatic carbocycles. The predicted octanol–water partition coefficient (Wildman–Crippen LogP) is 11.4. The first-order chi connectivity index (χ1) is 22.6. The number of hydrogen-bond acceptors (Lipinski definition) is 3. The Morgan fingerprint density at radius 3 is 1.02 bits per heavy atom. The van der Waals surface area contributed by atoms with Gasteiger partial charge in [0, 0.05) is 48.7 Å². The Balaban J connectivity index is 1.88. The first kappa shape index (κ1) is 36.7. The first-order valence-electron chi connectivity index (χ1n) is 18.5. The van der Waals surface area contributed by atoms with E-state index in [2.05, 4.69) is 143 Å². The van der Waals surface area contributed by atoms with Gasteiger partial charge in [0.05, 0.1) is 5.69 Å². The fourth-order valence-corrected chi connectivity index (χ4v) is 6.84. The van der Waals surface area contributed by atoms with Crippen LogP contribution in [0.5, 0.6) is 0 Å². The molecule has 5 heteroatoms. The topological polar surface area (TPSA) is 43.9 Å². The Morgan fingerprint density at radius 1 is 0.429 bits per heavy atom. The summed E-state index contributed by atoms with van der Waals surface area (Å²) in [6.07, 6.45) is 4.89.